The van der Waals surface area contributed by atoms with Crippen molar-refractivity contribution in [2.24, 2.45) is 0 Å². The second kappa shape index (κ2) is 7.08. The van der Waals surface area contributed by atoms with Crippen molar-refractivity contribution in [1.29, 1.82) is 0 Å². The summed E-state index contributed by atoms with van der Waals surface area (Å²) in [6.45, 7) is 5.05. The Balaban J connectivity index is 1.56. The maximum atomic E-state index is 12.4. The van der Waals surface area contributed by atoms with Gasteiger partial charge in [0.2, 0.25) is 5.91 Å². The third kappa shape index (κ3) is 4.07. The number of rotatable bonds is 3. The van der Waals surface area contributed by atoms with Crippen molar-refractivity contribution in [2.45, 2.75) is 13.3 Å². The lowest BCUT2D eigenvalue weighted by atomic mass is 10.1. The van der Waals surface area contributed by atoms with E-state index in [1.807, 2.05) is 42.2 Å². The van der Waals surface area contributed by atoms with Crippen LogP contribution in [0.1, 0.15) is 11.3 Å². The topological polar surface area (TPSA) is 49.3 Å². The van der Waals surface area contributed by atoms with Crippen LogP contribution in [0.5, 0.6) is 0 Å². The largest absolute Gasteiger partial charge is 0.353 e. The molecule has 23 heavy (non-hydrogen) atoms. The van der Waals surface area contributed by atoms with Crippen molar-refractivity contribution in [3.63, 3.8) is 0 Å². The molecule has 0 aliphatic carbocycles. The number of hydrogen-bond acceptors (Lipinski definition) is 4. The molecule has 1 aromatic carbocycles. The van der Waals surface area contributed by atoms with Crippen molar-refractivity contribution in [2.75, 3.05) is 31.1 Å². The van der Waals surface area contributed by atoms with Gasteiger partial charge >= 0.3 is 0 Å². The molecule has 3 rings (SSSR count). The van der Waals surface area contributed by atoms with Gasteiger partial charge in [-0.3, -0.25) is 4.79 Å². The number of carbonyl (C=O) groups excluding carboxylic acids is 1. The summed E-state index contributed by atoms with van der Waals surface area (Å²) in [5, 5.41) is 0. The van der Waals surface area contributed by atoms with Gasteiger partial charge in [0.15, 0.2) is 0 Å². The molecule has 0 bridgehead atoms. The standard InChI is InChI=1S/C17H19BrN4O/c1-13-10-16(20-12-19-13)21-6-8-22(9-7-21)17(23)11-14-2-4-15(18)5-3-14/h2-5,10,12H,6-9,11H2,1H3. The Kier molecular flexibility index (Phi) is 4.91. The predicted octanol–water partition coefficient (Wildman–Crippen LogP) is 2.44. The summed E-state index contributed by atoms with van der Waals surface area (Å²) in [5.41, 5.74) is 2.01. The Morgan fingerprint density at radius 1 is 1.13 bits per heavy atom. The first kappa shape index (κ1) is 15.9. The third-order valence-corrected chi connectivity index (χ3v) is 4.54. The molecule has 120 valence electrons. The smallest absolute Gasteiger partial charge is 0.227 e. The van der Waals surface area contributed by atoms with Crippen LogP contribution in [-0.2, 0) is 11.2 Å². The van der Waals surface area contributed by atoms with Crippen LogP contribution in [0.4, 0.5) is 5.82 Å². The van der Waals surface area contributed by atoms with E-state index in [1.54, 1.807) is 6.33 Å². The number of halogens is 1. The Labute approximate surface area is 144 Å². The lowest BCUT2D eigenvalue weighted by molar-refractivity contribution is -0.130. The maximum absolute atomic E-state index is 12.4. The Hall–Kier alpha value is -1.95. The summed E-state index contributed by atoms with van der Waals surface area (Å²) in [5.74, 6) is 1.13. The summed E-state index contributed by atoms with van der Waals surface area (Å²) in [7, 11) is 0. The Morgan fingerprint density at radius 3 is 2.48 bits per heavy atom. The Bertz CT molecular complexity index is 681. The van der Waals surface area contributed by atoms with E-state index in [9.17, 15) is 4.79 Å². The van der Waals surface area contributed by atoms with Crippen LogP contribution in [0, 0.1) is 6.92 Å². The summed E-state index contributed by atoms with van der Waals surface area (Å²) in [6.07, 6.45) is 2.05. The molecule has 0 spiro atoms. The van der Waals surface area contributed by atoms with Gasteiger partial charge in [0.05, 0.1) is 6.42 Å². The van der Waals surface area contributed by atoms with Gasteiger partial charge in [0.25, 0.3) is 0 Å². The SMILES string of the molecule is Cc1cc(N2CCN(C(=O)Cc3ccc(Br)cc3)CC2)ncn1. The minimum Gasteiger partial charge on any atom is -0.353 e. The van der Waals surface area contributed by atoms with Crippen LogP contribution >= 0.6 is 15.9 Å². The van der Waals surface area contributed by atoms with Crippen molar-refractivity contribution in [3.8, 4) is 0 Å². The highest BCUT2D eigenvalue weighted by atomic mass is 79.9. The molecule has 6 heteroatoms. The molecule has 1 aromatic heterocycles. The third-order valence-electron chi connectivity index (χ3n) is 4.01. The van der Waals surface area contributed by atoms with Crippen molar-refractivity contribution < 1.29 is 4.79 Å². The summed E-state index contributed by atoms with van der Waals surface area (Å²) >= 11 is 3.41. The van der Waals surface area contributed by atoms with Gasteiger partial charge in [-0.25, -0.2) is 9.97 Å². The molecule has 2 heterocycles. The van der Waals surface area contributed by atoms with Gasteiger partial charge < -0.3 is 9.80 Å². The highest BCUT2D eigenvalue weighted by molar-refractivity contribution is 9.10. The van der Waals surface area contributed by atoms with Crippen LogP contribution in [0.3, 0.4) is 0 Å². The number of nitrogens with zero attached hydrogens (tertiary/aromatic N) is 4. The van der Waals surface area contributed by atoms with E-state index in [1.165, 1.54) is 0 Å². The normalized spacial score (nSPS) is 14.9. The lowest BCUT2D eigenvalue weighted by Crippen LogP contribution is -2.49. The first-order valence-corrected chi connectivity index (χ1v) is 8.47. The molecule has 0 radical (unpaired) electrons. The van der Waals surface area contributed by atoms with Crippen LogP contribution in [0.2, 0.25) is 0 Å². The minimum absolute atomic E-state index is 0.186. The van der Waals surface area contributed by atoms with E-state index in [2.05, 4.69) is 30.8 Å². The molecule has 1 fully saturated rings. The van der Waals surface area contributed by atoms with E-state index in [0.29, 0.717) is 6.42 Å². The zero-order valence-electron chi connectivity index (χ0n) is 13.1. The van der Waals surface area contributed by atoms with E-state index in [0.717, 1.165) is 47.7 Å². The average Bonchev–Trinajstić information content (AvgIpc) is 2.57. The number of piperazine rings is 1. The van der Waals surface area contributed by atoms with Gasteiger partial charge in [-0.1, -0.05) is 28.1 Å². The second-order valence-electron chi connectivity index (χ2n) is 5.69. The number of carbonyl (C=O) groups is 1. The molecular weight excluding hydrogens is 356 g/mol. The summed E-state index contributed by atoms with van der Waals surface area (Å²) in [4.78, 5) is 25.0. The molecular formula is C17H19BrN4O. The zero-order chi connectivity index (χ0) is 16.2. The first-order chi connectivity index (χ1) is 11.1. The average molecular weight is 375 g/mol. The molecule has 5 nitrogen and oxygen atoms in total. The molecule has 2 aromatic rings. The van der Waals surface area contributed by atoms with Gasteiger partial charge in [-0.2, -0.15) is 0 Å². The fraction of sp³-hybridized carbons (Fsp3) is 0.353. The molecule has 0 unspecified atom stereocenters. The number of hydrogen-bond donors (Lipinski definition) is 0. The zero-order valence-corrected chi connectivity index (χ0v) is 14.7. The number of anilines is 1. The van der Waals surface area contributed by atoms with Crippen molar-refractivity contribution in [3.05, 3.63) is 52.4 Å². The van der Waals surface area contributed by atoms with Gasteiger partial charge in [0, 0.05) is 42.4 Å². The molecule has 0 saturated carbocycles. The number of aromatic nitrogens is 2. The van der Waals surface area contributed by atoms with Crippen LogP contribution in [-0.4, -0.2) is 47.0 Å². The van der Waals surface area contributed by atoms with Gasteiger partial charge in [-0.05, 0) is 24.6 Å². The summed E-state index contributed by atoms with van der Waals surface area (Å²) < 4.78 is 1.03. The summed E-state index contributed by atoms with van der Waals surface area (Å²) in [6, 6.07) is 9.90. The quantitative estimate of drug-likeness (QED) is 0.827. The fourth-order valence-electron chi connectivity index (χ4n) is 2.69. The number of amides is 1. The lowest BCUT2D eigenvalue weighted by Gasteiger charge is -2.35. The molecule has 1 aliphatic rings. The van der Waals surface area contributed by atoms with Crippen molar-refractivity contribution in [1.82, 2.24) is 14.9 Å². The fourth-order valence-corrected chi connectivity index (χ4v) is 2.95. The molecule has 0 N–H and O–H groups in total. The second-order valence-corrected chi connectivity index (χ2v) is 6.60. The molecule has 1 aliphatic heterocycles. The van der Waals surface area contributed by atoms with Crippen molar-refractivity contribution >= 4 is 27.7 Å². The minimum atomic E-state index is 0.186. The van der Waals surface area contributed by atoms with E-state index < -0.39 is 0 Å². The van der Waals surface area contributed by atoms with Crippen LogP contribution in [0.25, 0.3) is 0 Å². The number of benzene rings is 1. The maximum Gasteiger partial charge on any atom is 0.227 e. The predicted molar refractivity (Wildman–Crippen MR) is 93.4 cm³/mol. The van der Waals surface area contributed by atoms with E-state index >= 15 is 0 Å². The highest BCUT2D eigenvalue weighted by Gasteiger charge is 2.22. The van der Waals surface area contributed by atoms with Crippen LogP contribution < -0.4 is 4.90 Å². The first-order valence-electron chi connectivity index (χ1n) is 7.67. The molecule has 1 amide bonds. The monoisotopic (exact) mass is 374 g/mol. The van der Waals surface area contributed by atoms with Gasteiger partial charge in [-0.15, -0.1) is 0 Å². The van der Waals surface area contributed by atoms with Gasteiger partial charge in [0.1, 0.15) is 12.1 Å². The Morgan fingerprint density at radius 2 is 1.83 bits per heavy atom. The molecule has 0 atom stereocenters. The molecule has 1 saturated heterocycles. The van der Waals surface area contributed by atoms with Crippen LogP contribution in [0.15, 0.2) is 41.1 Å². The van der Waals surface area contributed by atoms with E-state index in [-0.39, 0.29) is 5.91 Å². The number of aryl methyl sites for hydroxylation is 1. The highest BCUT2D eigenvalue weighted by Crippen LogP contribution is 2.15. The van der Waals surface area contributed by atoms with E-state index in [4.69, 9.17) is 0 Å².